The fourth-order valence-corrected chi connectivity index (χ4v) is 3.71. The molecule has 0 aromatic carbocycles. The Kier molecular flexibility index (Phi) is 2.72. The van der Waals surface area contributed by atoms with Gasteiger partial charge in [-0.05, 0) is 50.0 Å². The minimum Gasteiger partial charge on any atom is -0.308 e. The SMILES string of the molecule is C[C@H](NCc1ccn[nH]1)[C@H]1C[C@H]2CC[C@H]1C2. The van der Waals surface area contributed by atoms with E-state index in [1.807, 2.05) is 12.3 Å². The molecule has 2 aliphatic rings. The van der Waals surface area contributed by atoms with E-state index >= 15 is 0 Å². The summed E-state index contributed by atoms with van der Waals surface area (Å²) in [7, 11) is 0. The number of fused-ring (bicyclic) bond motifs is 2. The number of hydrogen-bond acceptors (Lipinski definition) is 2. The first-order valence-electron chi connectivity index (χ1n) is 6.54. The van der Waals surface area contributed by atoms with Gasteiger partial charge >= 0.3 is 0 Å². The maximum absolute atomic E-state index is 3.97. The van der Waals surface area contributed by atoms with Crippen LogP contribution in [0.15, 0.2) is 12.3 Å². The number of H-pyrrole nitrogens is 1. The van der Waals surface area contributed by atoms with E-state index in [9.17, 15) is 0 Å². The summed E-state index contributed by atoms with van der Waals surface area (Å²) in [6.07, 6.45) is 7.75. The van der Waals surface area contributed by atoms with Crippen molar-refractivity contribution < 1.29 is 0 Å². The lowest BCUT2D eigenvalue weighted by atomic mass is 9.84. The molecule has 2 fully saturated rings. The van der Waals surface area contributed by atoms with Gasteiger partial charge in [0.2, 0.25) is 0 Å². The number of aromatic amines is 1. The molecule has 2 saturated carbocycles. The molecule has 0 radical (unpaired) electrons. The van der Waals surface area contributed by atoms with Gasteiger partial charge in [-0.1, -0.05) is 6.42 Å². The van der Waals surface area contributed by atoms with Crippen molar-refractivity contribution in [2.24, 2.45) is 17.8 Å². The smallest absolute Gasteiger partial charge is 0.0490 e. The standard InChI is InChI=1S/C13H21N3/c1-9(14-8-12-4-5-15-16-12)13-7-10-2-3-11(13)6-10/h4-5,9-11,13-14H,2-3,6-8H2,1H3,(H,15,16)/t9-,10-,11-,13+/m0/s1. The van der Waals surface area contributed by atoms with Crippen molar-refractivity contribution in [1.29, 1.82) is 0 Å². The first-order valence-corrected chi connectivity index (χ1v) is 6.54. The molecule has 0 aliphatic heterocycles. The van der Waals surface area contributed by atoms with Crippen molar-refractivity contribution in [3.8, 4) is 0 Å². The predicted octanol–water partition coefficient (Wildman–Crippen LogP) is 2.32. The van der Waals surface area contributed by atoms with Crippen LogP contribution in [0.3, 0.4) is 0 Å². The van der Waals surface area contributed by atoms with Crippen molar-refractivity contribution in [1.82, 2.24) is 15.5 Å². The summed E-state index contributed by atoms with van der Waals surface area (Å²) in [5.74, 6) is 2.97. The van der Waals surface area contributed by atoms with Crippen LogP contribution in [0.2, 0.25) is 0 Å². The summed E-state index contributed by atoms with van der Waals surface area (Å²) in [5.41, 5.74) is 1.19. The van der Waals surface area contributed by atoms with E-state index in [2.05, 4.69) is 22.4 Å². The number of aromatic nitrogens is 2. The van der Waals surface area contributed by atoms with Crippen LogP contribution in [-0.2, 0) is 6.54 Å². The van der Waals surface area contributed by atoms with E-state index in [-0.39, 0.29) is 0 Å². The highest BCUT2D eigenvalue weighted by Crippen LogP contribution is 2.49. The molecule has 16 heavy (non-hydrogen) atoms. The highest BCUT2D eigenvalue weighted by Gasteiger charge is 2.41. The van der Waals surface area contributed by atoms with Gasteiger partial charge in [0.05, 0.1) is 0 Å². The monoisotopic (exact) mass is 219 g/mol. The van der Waals surface area contributed by atoms with Crippen molar-refractivity contribution in [3.05, 3.63) is 18.0 Å². The maximum Gasteiger partial charge on any atom is 0.0490 e. The molecule has 0 unspecified atom stereocenters. The summed E-state index contributed by atoms with van der Waals surface area (Å²) in [6, 6.07) is 2.69. The van der Waals surface area contributed by atoms with Gasteiger partial charge in [0.25, 0.3) is 0 Å². The number of rotatable bonds is 4. The van der Waals surface area contributed by atoms with E-state index in [0.717, 1.165) is 24.3 Å². The van der Waals surface area contributed by atoms with E-state index < -0.39 is 0 Å². The summed E-state index contributed by atoms with van der Waals surface area (Å²) >= 11 is 0. The minimum absolute atomic E-state index is 0.651. The van der Waals surface area contributed by atoms with E-state index in [4.69, 9.17) is 0 Å². The van der Waals surface area contributed by atoms with Gasteiger partial charge in [-0.15, -0.1) is 0 Å². The lowest BCUT2D eigenvalue weighted by Crippen LogP contribution is -2.35. The molecule has 3 nitrogen and oxygen atoms in total. The van der Waals surface area contributed by atoms with Gasteiger partial charge in [-0.2, -0.15) is 5.10 Å². The lowest BCUT2D eigenvalue weighted by molar-refractivity contribution is 0.259. The average Bonchev–Trinajstić information content (AvgIpc) is 3.01. The van der Waals surface area contributed by atoms with E-state index in [1.165, 1.54) is 31.4 Å². The molecule has 3 heteroatoms. The third-order valence-corrected chi connectivity index (χ3v) is 4.61. The van der Waals surface area contributed by atoms with Crippen LogP contribution in [0.1, 0.15) is 38.3 Å². The van der Waals surface area contributed by atoms with Crippen LogP contribution in [0, 0.1) is 17.8 Å². The van der Waals surface area contributed by atoms with Gasteiger partial charge in [-0.3, -0.25) is 5.10 Å². The molecule has 0 amide bonds. The molecule has 4 atom stereocenters. The number of hydrogen-bond donors (Lipinski definition) is 2. The Bertz CT molecular complexity index is 333. The Labute approximate surface area is 97.0 Å². The molecular weight excluding hydrogens is 198 g/mol. The zero-order valence-electron chi connectivity index (χ0n) is 9.95. The predicted molar refractivity (Wildman–Crippen MR) is 63.8 cm³/mol. The summed E-state index contributed by atoms with van der Waals surface area (Å²) < 4.78 is 0. The highest BCUT2D eigenvalue weighted by atomic mass is 15.1. The first-order chi connectivity index (χ1) is 7.83. The molecule has 3 rings (SSSR count). The lowest BCUT2D eigenvalue weighted by Gasteiger charge is -2.28. The Morgan fingerprint density at radius 3 is 3.06 bits per heavy atom. The van der Waals surface area contributed by atoms with E-state index in [0.29, 0.717) is 6.04 Å². The summed E-state index contributed by atoms with van der Waals surface area (Å²) in [4.78, 5) is 0. The zero-order valence-corrected chi connectivity index (χ0v) is 9.95. The first kappa shape index (κ1) is 10.3. The fraction of sp³-hybridized carbons (Fsp3) is 0.769. The van der Waals surface area contributed by atoms with Crippen LogP contribution in [-0.4, -0.2) is 16.2 Å². The van der Waals surface area contributed by atoms with Crippen molar-refractivity contribution >= 4 is 0 Å². The molecule has 0 spiro atoms. The Hall–Kier alpha value is -0.830. The third-order valence-electron chi connectivity index (χ3n) is 4.61. The van der Waals surface area contributed by atoms with Crippen LogP contribution in [0.5, 0.6) is 0 Å². The van der Waals surface area contributed by atoms with Crippen LogP contribution >= 0.6 is 0 Å². The molecule has 2 bridgehead atoms. The Morgan fingerprint density at radius 1 is 1.50 bits per heavy atom. The molecule has 2 N–H and O–H groups in total. The van der Waals surface area contributed by atoms with Gasteiger partial charge in [0.15, 0.2) is 0 Å². The molecule has 1 heterocycles. The van der Waals surface area contributed by atoms with Gasteiger partial charge < -0.3 is 5.32 Å². The highest BCUT2D eigenvalue weighted by molar-refractivity contribution is 4.99. The fourth-order valence-electron chi connectivity index (χ4n) is 3.71. The Balaban J connectivity index is 1.52. The quantitative estimate of drug-likeness (QED) is 0.816. The van der Waals surface area contributed by atoms with Crippen molar-refractivity contribution in [2.75, 3.05) is 0 Å². The van der Waals surface area contributed by atoms with Crippen molar-refractivity contribution in [2.45, 2.75) is 45.2 Å². The van der Waals surface area contributed by atoms with Crippen LogP contribution in [0.25, 0.3) is 0 Å². The topological polar surface area (TPSA) is 40.7 Å². The van der Waals surface area contributed by atoms with Crippen LogP contribution < -0.4 is 5.32 Å². The summed E-state index contributed by atoms with van der Waals surface area (Å²) in [5, 5.41) is 10.6. The summed E-state index contributed by atoms with van der Waals surface area (Å²) in [6.45, 7) is 3.27. The molecule has 0 saturated heterocycles. The largest absolute Gasteiger partial charge is 0.308 e. The molecule has 1 aromatic heterocycles. The number of nitrogens with zero attached hydrogens (tertiary/aromatic N) is 1. The third kappa shape index (κ3) is 1.88. The van der Waals surface area contributed by atoms with Gasteiger partial charge in [0.1, 0.15) is 0 Å². The zero-order chi connectivity index (χ0) is 11.0. The van der Waals surface area contributed by atoms with Gasteiger partial charge in [0, 0.05) is 24.5 Å². The Morgan fingerprint density at radius 2 is 2.44 bits per heavy atom. The molecular formula is C13H21N3. The number of nitrogens with one attached hydrogen (secondary N) is 2. The molecule has 88 valence electrons. The second-order valence-corrected chi connectivity index (χ2v) is 5.59. The average molecular weight is 219 g/mol. The second-order valence-electron chi connectivity index (χ2n) is 5.59. The molecule has 1 aromatic rings. The second kappa shape index (κ2) is 4.21. The van der Waals surface area contributed by atoms with Crippen molar-refractivity contribution in [3.63, 3.8) is 0 Å². The maximum atomic E-state index is 3.97. The van der Waals surface area contributed by atoms with Crippen LogP contribution in [0.4, 0.5) is 0 Å². The minimum atomic E-state index is 0.651. The van der Waals surface area contributed by atoms with Gasteiger partial charge in [-0.25, -0.2) is 0 Å². The normalized spacial score (nSPS) is 34.4. The molecule has 2 aliphatic carbocycles. The van der Waals surface area contributed by atoms with E-state index in [1.54, 1.807) is 0 Å².